The summed E-state index contributed by atoms with van der Waals surface area (Å²) in [7, 11) is 0. The molecule has 0 saturated heterocycles. The first-order chi connectivity index (χ1) is 10.8. The second-order valence-electron chi connectivity index (χ2n) is 7.18. The molecule has 3 nitrogen and oxygen atoms in total. The van der Waals surface area contributed by atoms with Crippen LogP contribution in [-0.4, -0.2) is 23.7 Å². The molecule has 0 saturated carbocycles. The van der Waals surface area contributed by atoms with Crippen molar-refractivity contribution < 1.29 is 14.2 Å². The number of aliphatic hydroxyl groups is 1. The van der Waals surface area contributed by atoms with Crippen molar-refractivity contribution in [3.63, 3.8) is 0 Å². The minimum atomic E-state index is -2.08. The standard InChI is InChI=1S/C19H26FNO2/c1-14-7-6-10-18(2,3)16(14)13-23-19(20)11-5-4-8-15(19)17(22)9-12-21/h4-5,8,11,15,17,22H,6-7,9-10,13H2,1-3H3. The van der Waals surface area contributed by atoms with Crippen LogP contribution < -0.4 is 0 Å². The molecule has 4 heteroatoms. The van der Waals surface area contributed by atoms with Crippen molar-refractivity contribution in [1.29, 1.82) is 5.26 Å². The van der Waals surface area contributed by atoms with E-state index < -0.39 is 17.9 Å². The van der Waals surface area contributed by atoms with Crippen LogP contribution >= 0.6 is 0 Å². The Labute approximate surface area is 138 Å². The van der Waals surface area contributed by atoms with Crippen LogP contribution in [0.4, 0.5) is 4.39 Å². The van der Waals surface area contributed by atoms with Gasteiger partial charge in [-0.3, -0.25) is 0 Å². The first kappa shape index (κ1) is 17.9. The Morgan fingerprint density at radius 2 is 2.22 bits per heavy atom. The van der Waals surface area contributed by atoms with Crippen LogP contribution in [0.2, 0.25) is 0 Å². The molecule has 23 heavy (non-hydrogen) atoms. The number of nitrogens with zero attached hydrogens (tertiary/aromatic N) is 1. The van der Waals surface area contributed by atoms with Crippen molar-refractivity contribution >= 4 is 0 Å². The summed E-state index contributed by atoms with van der Waals surface area (Å²) in [5.41, 5.74) is 2.43. The summed E-state index contributed by atoms with van der Waals surface area (Å²) in [4.78, 5) is 0. The van der Waals surface area contributed by atoms with E-state index in [0.717, 1.165) is 24.8 Å². The van der Waals surface area contributed by atoms with Crippen LogP contribution in [0.5, 0.6) is 0 Å². The molecule has 126 valence electrons. The Bertz CT molecular complexity index is 570. The SMILES string of the molecule is CC1=C(COC2(F)C=CC=CC2C(O)CC#N)C(C)(C)CCC1. The summed E-state index contributed by atoms with van der Waals surface area (Å²) in [6.45, 7) is 6.63. The molecule has 2 aliphatic rings. The summed E-state index contributed by atoms with van der Waals surface area (Å²) in [6.07, 6.45) is 8.22. The maximum atomic E-state index is 15.3. The highest BCUT2D eigenvalue weighted by molar-refractivity contribution is 5.25. The molecule has 1 N–H and O–H groups in total. The molecule has 0 aromatic heterocycles. The zero-order valence-corrected chi connectivity index (χ0v) is 14.2. The van der Waals surface area contributed by atoms with E-state index in [1.165, 1.54) is 11.6 Å². The van der Waals surface area contributed by atoms with Gasteiger partial charge in [0.05, 0.1) is 31.1 Å². The van der Waals surface area contributed by atoms with Gasteiger partial charge in [-0.05, 0) is 43.3 Å². The normalized spacial score (nSPS) is 31.0. The quantitative estimate of drug-likeness (QED) is 0.772. The average Bonchev–Trinajstić information content (AvgIpc) is 2.46. The maximum Gasteiger partial charge on any atom is 0.237 e. The molecule has 0 bridgehead atoms. The van der Waals surface area contributed by atoms with Crippen LogP contribution in [0.15, 0.2) is 35.5 Å². The van der Waals surface area contributed by atoms with Gasteiger partial charge in [0.15, 0.2) is 0 Å². The predicted octanol–water partition coefficient (Wildman–Crippen LogP) is 4.21. The summed E-state index contributed by atoms with van der Waals surface area (Å²) in [6, 6.07) is 1.89. The van der Waals surface area contributed by atoms with Crippen LogP contribution in [0.3, 0.4) is 0 Å². The lowest BCUT2D eigenvalue weighted by Gasteiger charge is -2.38. The number of halogens is 1. The molecule has 0 spiro atoms. The van der Waals surface area contributed by atoms with E-state index in [9.17, 15) is 5.11 Å². The molecule has 3 unspecified atom stereocenters. The van der Waals surface area contributed by atoms with Gasteiger partial charge in [0.1, 0.15) is 0 Å². The van der Waals surface area contributed by atoms with E-state index in [1.54, 1.807) is 18.2 Å². The summed E-state index contributed by atoms with van der Waals surface area (Å²) < 4.78 is 21.0. The average molecular weight is 319 g/mol. The van der Waals surface area contributed by atoms with Crippen molar-refractivity contribution in [2.45, 2.75) is 58.4 Å². The van der Waals surface area contributed by atoms with E-state index in [-0.39, 0.29) is 18.4 Å². The molecule has 3 atom stereocenters. The van der Waals surface area contributed by atoms with Gasteiger partial charge in [0, 0.05) is 0 Å². The smallest absolute Gasteiger partial charge is 0.237 e. The zero-order valence-electron chi connectivity index (χ0n) is 14.2. The van der Waals surface area contributed by atoms with Gasteiger partial charge in [-0.1, -0.05) is 37.6 Å². The lowest BCUT2D eigenvalue weighted by atomic mass is 9.73. The molecule has 2 rings (SSSR count). The van der Waals surface area contributed by atoms with Crippen molar-refractivity contribution in [1.82, 2.24) is 0 Å². The monoisotopic (exact) mass is 319 g/mol. The molecule has 0 amide bonds. The molecule has 0 aromatic carbocycles. The summed E-state index contributed by atoms with van der Waals surface area (Å²) >= 11 is 0. The van der Waals surface area contributed by atoms with E-state index in [2.05, 4.69) is 20.8 Å². The third-order valence-corrected chi connectivity index (χ3v) is 5.05. The second-order valence-corrected chi connectivity index (χ2v) is 7.18. The molecule has 0 aromatic rings. The number of ether oxygens (including phenoxy) is 1. The molecule has 0 heterocycles. The third-order valence-electron chi connectivity index (χ3n) is 5.05. The number of rotatable bonds is 5. The lowest BCUT2D eigenvalue weighted by molar-refractivity contribution is -0.152. The predicted molar refractivity (Wildman–Crippen MR) is 88.1 cm³/mol. The Kier molecular flexibility index (Phi) is 5.44. The molecule has 0 aliphatic heterocycles. The molecule has 2 aliphatic carbocycles. The minimum Gasteiger partial charge on any atom is -0.391 e. The topological polar surface area (TPSA) is 53.2 Å². The highest BCUT2D eigenvalue weighted by Gasteiger charge is 2.43. The first-order valence-electron chi connectivity index (χ1n) is 8.23. The lowest BCUT2D eigenvalue weighted by Crippen LogP contribution is -2.42. The van der Waals surface area contributed by atoms with Gasteiger partial charge in [0.25, 0.3) is 0 Å². The fraction of sp³-hybridized carbons (Fsp3) is 0.632. The fourth-order valence-corrected chi connectivity index (χ4v) is 3.54. The second kappa shape index (κ2) is 6.98. The zero-order chi connectivity index (χ0) is 17.1. The van der Waals surface area contributed by atoms with Crippen LogP contribution in [0.1, 0.15) is 46.5 Å². The van der Waals surface area contributed by atoms with Gasteiger partial charge < -0.3 is 9.84 Å². The van der Waals surface area contributed by atoms with Gasteiger partial charge in [-0.15, -0.1) is 0 Å². The van der Waals surface area contributed by atoms with E-state index >= 15 is 4.39 Å². The molecule has 0 fully saturated rings. The van der Waals surface area contributed by atoms with Crippen LogP contribution in [-0.2, 0) is 4.74 Å². The van der Waals surface area contributed by atoms with E-state index in [1.807, 2.05) is 6.07 Å². The number of hydrogen-bond donors (Lipinski definition) is 1. The summed E-state index contributed by atoms with van der Waals surface area (Å²) in [5, 5.41) is 18.8. The molecule has 0 radical (unpaired) electrons. The highest BCUT2D eigenvalue weighted by atomic mass is 19.2. The number of aliphatic hydroxyl groups excluding tert-OH is 1. The highest BCUT2D eigenvalue weighted by Crippen LogP contribution is 2.42. The first-order valence-corrected chi connectivity index (χ1v) is 8.23. The minimum absolute atomic E-state index is 0.00762. The van der Waals surface area contributed by atoms with Crippen molar-refractivity contribution in [3.8, 4) is 6.07 Å². The Hall–Kier alpha value is -1.44. The van der Waals surface area contributed by atoms with Crippen LogP contribution in [0.25, 0.3) is 0 Å². The van der Waals surface area contributed by atoms with E-state index in [0.29, 0.717) is 0 Å². The van der Waals surface area contributed by atoms with Gasteiger partial charge >= 0.3 is 0 Å². The van der Waals surface area contributed by atoms with Crippen molar-refractivity contribution in [3.05, 3.63) is 35.5 Å². The number of hydrogen-bond acceptors (Lipinski definition) is 3. The molecular weight excluding hydrogens is 293 g/mol. The summed E-state index contributed by atoms with van der Waals surface area (Å²) in [5.74, 6) is -2.94. The van der Waals surface area contributed by atoms with Crippen LogP contribution in [0, 0.1) is 22.7 Å². The number of nitriles is 1. The third kappa shape index (κ3) is 3.91. The number of alkyl halides is 1. The molecular formula is C19H26FNO2. The van der Waals surface area contributed by atoms with Gasteiger partial charge in [-0.25, -0.2) is 4.39 Å². The fourth-order valence-electron chi connectivity index (χ4n) is 3.54. The maximum absolute atomic E-state index is 15.3. The Morgan fingerprint density at radius 1 is 1.48 bits per heavy atom. The van der Waals surface area contributed by atoms with Crippen molar-refractivity contribution in [2.75, 3.05) is 6.61 Å². The Morgan fingerprint density at radius 3 is 2.87 bits per heavy atom. The Balaban J connectivity index is 2.15. The van der Waals surface area contributed by atoms with Gasteiger partial charge in [0.2, 0.25) is 5.85 Å². The largest absolute Gasteiger partial charge is 0.391 e. The van der Waals surface area contributed by atoms with Crippen molar-refractivity contribution in [2.24, 2.45) is 11.3 Å². The van der Waals surface area contributed by atoms with Gasteiger partial charge in [-0.2, -0.15) is 5.26 Å². The number of allylic oxidation sites excluding steroid dienone is 3. The van der Waals surface area contributed by atoms with E-state index in [4.69, 9.17) is 10.00 Å².